The number of benzene rings is 1. The quantitative estimate of drug-likeness (QED) is 0.824. The van der Waals surface area contributed by atoms with Gasteiger partial charge in [0.15, 0.2) is 0 Å². The molecule has 1 fully saturated rings. The average Bonchev–Trinajstić information content (AvgIpc) is 2.47. The molecule has 0 saturated carbocycles. The van der Waals surface area contributed by atoms with E-state index < -0.39 is 6.61 Å². The summed E-state index contributed by atoms with van der Waals surface area (Å²) in [6, 6.07) is 6.43. The van der Waals surface area contributed by atoms with Gasteiger partial charge in [0, 0.05) is 19.6 Å². The molecule has 0 spiro atoms. The third-order valence-corrected chi connectivity index (χ3v) is 3.75. The summed E-state index contributed by atoms with van der Waals surface area (Å²) < 4.78 is 34.1. The maximum atomic E-state index is 12.1. The van der Waals surface area contributed by atoms with E-state index in [4.69, 9.17) is 4.74 Å². The molecule has 2 atom stereocenters. The molecule has 1 amide bonds. The normalized spacial score (nSPS) is 21.7. The second kappa shape index (κ2) is 8.94. The largest absolute Gasteiger partial charge is 0.435 e. The Hall–Kier alpha value is -1.73. The lowest BCUT2D eigenvalue weighted by Crippen LogP contribution is -2.49. The molecular weight excluding hydrogens is 318 g/mol. The number of halogens is 2. The van der Waals surface area contributed by atoms with Gasteiger partial charge < -0.3 is 14.8 Å². The smallest absolute Gasteiger partial charge is 0.387 e. The number of nitrogens with one attached hydrogen (secondary N) is 1. The highest BCUT2D eigenvalue weighted by Crippen LogP contribution is 2.15. The second-order valence-electron chi connectivity index (χ2n) is 6.07. The number of carbonyl (C=O) groups excluding carboxylic acids is 1. The second-order valence-corrected chi connectivity index (χ2v) is 6.07. The van der Waals surface area contributed by atoms with Gasteiger partial charge in [-0.15, -0.1) is 0 Å². The van der Waals surface area contributed by atoms with Gasteiger partial charge in [-0.05, 0) is 38.0 Å². The van der Waals surface area contributed by atoms with Gasteiger partial charge in [-0.25, -0.2) is 0 Å². The molecule has 24 heavy (non-hydrogen) atoms. The van der Waals surface area contributed by atoms with E-state index in [0.717, 1.165) is 18.7 Å². The Morgan fingerprint density at radius 3 is 2.50 bits per heavy atom. The molecule has 0 aliphatic carbocycles. The lowest BCUT2D eigenvalue weighted by Gasteiger charge is -2.34. The van der Waals surface area contributed by atoms with Gasteiger partial charge in [-0.1, -0.05) is 12.1 Å². The van der Waals surface area contributed by atoms with Gasteiger partial charge in [0.05, 0.1) is 18.8 Å². The number of alkyl halides is 2. The van der Waals surface area contributed by atoms with Crippen LogP contribution in [0.2, 0.25) is 0 Å². The van der Waals surface area contributed by atoms with E-state index in [9.17, 15) is 13.6 Å². The standard InChI is InChI=1S/C17H24F2N2O3/c1-12-9-21(10-13(2)23-12)11-16(22)20-8-7-14-3-5-15(6-4-14)24-17(18)19/h3-6,12-13,17H,7-11H2,1-2H3,(H,20,22)/t12-,13-/m1/s1. The van der Waals surface area contributed by atoms with Gasteiger partial charge in [0.2, 0.25) is 5.91 Å². The van der Waals surface area contributed by atoms with E-state index in [2.05, 4.69) is 15.0 Å². The summed E-state index contributed by atoms with van der Waals surface area (Å²) in [5, 5.41) is 2.88. The highest BCUT2D eigenvalue weighted by atomic mass is 19.3. The molecule has 134 valence electrons. The fourth-order valence-corrected chi connectivity index (χ4v) is 2.86. The lowest BCUT2D eigenvalue weighted by atomic mass is 10.1. The Bertz CT molecular complexity index is 515. The van der Waals surface area contributed by atoms with Crippen LogP contribution in [0.25, 0.3) is 0 Å². The molecule has 1 aromatic rings. The first-order valence-corrected chi connectivity index (χ1v) is 8.10. The van der Waals surface area contributed by atoms with E-state index in [1.165, 1.54) is 12.1 Å². The molecule has 1 aliphatic rings. The number of nitrogens with zero attached hydrogens (tertiary/aromatic N) is 1. The molecule has 1 heterocycles. The molecule has 7 heteroatoms. The third-order valence-electron chi connectivity index (χ3n) is 3.75. The number of rotatable bonds is 7. The van der Waals surface area contributed by atoms with Gasteiger partial charge in [-0.3, -0.25) is 9.69 Å². The van der Waals surface area contributed by atoms with Crippen molar-refractivity contribution in [2.45, 2.75) is 39.1 Å². The Morgan fingerprint density at radius 1 is 1.29 bits per heavy atom. The molecule has 2 rings (SSSR count). The van der Waals surface area contributed by atoms with Gasteiger partial charge in [0.1, 0.15) is 5.75 Å². The molecule has 5 nitrogen and oxygen atoms in total. The van der Waals surface area contributed by atoms with Crippen molar-refractivity contribution < 1.29 is 23.0 Å². The van der Waals surface area contributed by atoms with E-state index in [1.807, 2.05) is 13.8 Å². The van der Waals surface area contributed by atoms with E-state index >= 15 is 0 Å². The van der Waals surface area contributed by atoms with E-state index in [0.29, 0.717) is 19.5 Å². The van der Waals surface area contributed by atoms with E-state index in [-0.39, 0.29) is 23.9 Å². The zero-order valence-corrected chi connectivity index (χ0v) is 14.0. The van der Waals surface area contributed by atoms with Crippen molar-refractivity contribution in [3.8, 4) is 5.75 Å². The SMILES string of the molecule is C[C@@H]1CN(CC(=O)NCCc2ccc(OC(F)F)cc2)C[C@@H](C)O1. The predicted molar refractivity (Wildman–Crippen MR) is 86.2 cm³/mol. The van der Waals surface area contributed by atoms with Crippen LogP contribution in [0.5, 0.6) is 5.75 Å². The molecule has 1 saturated heterocycles. The number of hydrogen-bond acceptors (Lipinski definition) is 4. The minimum Gasteiger partial charge on any atom is -0.435 e. The van der Waals surface area contributed by atoms with Crippen LogP contribution in [0.3, 0.4) is 0 Å². The van der Waals surface area contributed by atoms with Crippen LogP contribution in [-0.4, -0.2) is 55.8 Å². The number of ether oxygens (including phenoxy) is 2. The van der Waals surface area contributed by atoms with Crippen molar-refractivity contribution in [3.05, 3.63) is 29.8 Å². The summed E-state index contributed by atoms with van der Waals surface area (Å²) >= 11 is 0. The molecule has 1 aromatic carbocycles. The minimum atomic E-state index is -2.82. The first-order valence-electron chi connectivity index (χ1n) is 8.10. The van der Waals surface area contributed by atoms with Crippen LogP contribution >= 0.6 is 0 Å². The summed E-state index contributed by atoms with van der Waals surface area (Å²) in [6.45, 7) is 3.56. The van der Waals surface area contributed by atoms with Crippen LogP contribution in [0.1, 0.15) is 19.4 Å². The fourth-order valence-electron chi connectivity index (χ4n) is 2.86. The first kappa shape index (κ1) is 18.6. The number of carbonyl (C=O) groups is 1. The van der Waals surface area contributed by atoms with Crippen molar-refractivity contribution in [1.82, 2.24) is 10.2 Å². The molecule has 0 bridgehead atoms. The fraction of sp³-hybridized carbons (Fsp3) is 0.588. The number of hydrogen-bond donors (Lipinski definition) is 1. The molecule has 1 N–H and O–H groups in total. The Morgan fingerprint density at radius 2 is 1.92 bits per heavy atom. The monoisotopic (exact) mass is 342 g/mol. The van der Waals surface area contributed by atoms with Crippen LogP contribution in [0, 0.1) is 0 Å². The first-order chi connectivity index (χ1) is 11.4. The molecule has 0 unspecified atom stereocenters. The highest BCUT2D eigenvalue weighted by molar-refractivity contribution is 5.78. The van der Waals surface area contributed by atoms with Crippen LogP contribution < -0.4 is 10.1 Å². The molecule has 0 radical (unpaired) electrons. The Balaban J connectivity index is 1.68. The van der Waals surface area contributed by atoms with Crippen LogP contribution in [0.15, 0.2) is 24.3 Å². The van der Waals surface area contributed by atoms with Crippen LogP contribution in [-0.2, 0) is 16.0 Å². The summed E-state index contributed by atoms with van der Waals surface area (Å²) in [7, 11) is 0. The highest BCUT2D eigenvalue weighted by Gasteiger charge is 2.23. The van der Waals surface area contributed by atoms with Crippen molar-refractivity contribution in [2.24, 2.45) is 0 Å². The van der Waals surface area contributed by atoms with Crippen molar-refractivity contribution in [3.63, 3.8) is 0 Å². The number of amides is 1. The third kappa shape index (κ3) is 6.41. The maximum absolute atomic E-state index is 12.1. The lowest BCUT2D eigenvalue weighted by molar-refractivity contribution is -0.125. The van der Waals surface area contributed by atoms with E-state index in [1.54, 1.807) is 12.1 Å². The maximum Gasteiger partial charge on any atom is 0.387 e. The molecular formula is C17H24F2N2O3. The van der Waals surface area contributed by atoms with Crippen molar-refractivity contribution in [1.29, 1.82) is 0 Å². The zero-order chi connectivity index (χ0) is 17.5. The van der Waals surface area contributed by atoms with Crippen molar-refractivity contribution >= 4 is 5.91 Å². The summed E-state index contributed by atoms with van der Waals surface area (Å²) in [5.41, 5.74) is 0.950. The molecule has 0 aromatic heterocycles. The zero-order valence-electron chi connectivity index (χ0n) is 14.0. The van der Waals surface area contributed by atoms with Gasteiger partial charge in [0.25, 0.3) is 0 Å². The predicted octanol–water partition coefficient (Wildman–Crippen LogP) is 2.06. The van der Waals surface area contributed by atoms with Gasteiger partial charge in [-0.2, -0.15) is 8.78 Å². The average molecular weight is 342 g/mol. The summed E-state index contributed by atoms with van der Waals surface area (Å²) in [5.74, 6) is 0.113. The summed E-state index contributed by atoms with van der Waals surface area (Å²) in [4.78, 5) is 14.1. The Kier molecular flexibility index (Phi) is 6.93. The molecule has 1 aliphatic heterocycles. The Labute approximate surface area is 140 Å². The van der Waals surface area contributed by atoms with Crippen LogP contribution in [0.4, 0.5) is 8.78 Å². The van der Waals surface area contributed by atoms with Gasteiger partial charge >= 0.3 is 6.61 Å². The number of morpholine rings is 1. The topological polar surface area (TPSA) is 50.8 Å². The van der Waals surface area contributed by atoms with Crippen molar-refractivity contribution in [2.75, 3.05) is 26.2 Å². The minimum absolute atomic E-state index is 0.0195. The summed E-state index contributed by atoms with van der Waals surface area (Å²) in [6.07, 6.45) is 0.905.